The maximum Gasteiger partial charge on any atom is 0.249 e. The van der Waals surface area contributed by atoms with Gasteiger partial charge in [-0.1, -0.05) is 41.6 Å². The SMILES string of the molecule is COCC(=O)N1CCC[C@H]1C(=O)Nc1ccc(/C=C/c2ccc(NC(=O)[C@@H]3CCCN3C(=O)Cc3cc(C)no3)cc2)cc1. The van der Waals surface area contributed by atoms with E-state index in [0.717, 1.165) is 24.0 Å². The highest BCUT2D eigenvalue weighted by Gasteiger charge is 2.35. The second kappa shape index (κ2) is 14.1. The van der Waals surface area contributed by atoms with Gasteiger partial charge in [0.15, 0.2) is 0 Å². The molecule has 2 saturated heterocycles. The molecule has 2 aromatic carbocycles. The van der Waals surface area contributed by atoms with Crippen molar-refractivity contribution in [2.24, 2.45) is 0 Å². The van der Waals surface area contributed by atoms with E-state index in [2.05, 4.69) is 15.8 Å². The Hall–Kier alpha value is -4.77. The van der Waals surface area contributed by atoms with Gasteiger partial charge in [-0.3, -0.25) is 19.2 Å². The molecule has 0 unspecified atom stereocenters. The lowest BCUT2D eigenvalue weighted by molar-refractivity contribution is -0.139. The molecule has 3 aromatic rings. The zero-order valence-corrected chi connectivity index (χ0v) is 25.0. The van der Waals surface area contributed by atoms with E-state index in [9.17, 15) is 19.2 Å². The molecule has 4 amide bonds. The minimum absolute atomic E-state index is 0.0323. The van der Waals surface area contributed by atoms with Gasteiger partial charge in [0, 0.05) is 37.6 Å². The van der Waals surface area contributed by atoms with E-state index in [1.165, 1.54) is 7.11 Å². The summed E-state index contributed by atoms with van der Waals surface area (Å²) in [7, 11) is 1.47. The largest absolute Gasteiger partial charge is 0.375 e. The molecule has 0 saturated carbocycles. The van der Waals surface area contributed by atoms with E-state index < -0.39 is 12.1 Å². The number of benzene rings is 2. The van der Waals surface area contributed by atoms with E-state index >= 15 is 0 Å². The van der Waals surface area contributed by atoms with Crippen LogP contribution in [-0.2, 0) is 30.3 Å². The Balaban J connectivity index is 1.11. The Kier molecular flexibility index (Phi) is 9.86. The quantitative estimate of drug-likeness (QED) is 0.338. The first-order chi connectivity index (χ1) is 21.3. The van der Waals surface area contributed by atoms with Crippen LogP contribution in [0.3, 0.4) is 0 Å². The number of likely N-dealkylation sites (tertiary alicyclic amines) is 2. The summed E-state index contributed by atoms with van der Waals surface area (Å²) in [6.07, 6.45) is 6.80. The van der Waals surface area contributed by atoms with E-state index in [1.807, 2.05) is 60.7 Å². The van der Waals surface area contributed by atoms with Crippen molar-refractivity contribution in [3.63, 3.8) is 0 Å². The Bertz CT molecular complexity index is 1510. The molecule has 230 valence electrons. The van der Waals surface area contributed by atoms with Gasteiger partial charge in [-0.15, -0.1) is 0 Å². The molecule has 2 aliphatic rings. The van der Waals surface area contributed by atoms with Gasteiger partial charge >= 0.3 is 0 Å². The number of aryl methyl sites for hydroxylation is 1. The number of hydrogen-bond acceptors (Lipinski definition) is 7. The van der Waals surface area contributed by atoms with Gasteiger partial charge in [0.05, 0.1) is 12.1 Å². The molecule has 44 heavy (non-hydrogen) atoms. The Morgan fingerprint density at radius 3 is 1.80 bits per heavy atom. The number of ether oxygens (including phenoxy) is 1. The molecule has 2 atom stereocenters. The number of amides is 4. The fraction of sp³-hybridized carbons (Fsp3) is 0.364. The molecule has 1 aromatic heterocycles. The molecular formula is C33H37N5O6. The maximum atomic E-state index is 13.0. The van der Waals surface area contributed by atoms with Crippen LogP contribution in [0, 0.1) is 6.92 Å². The monoisotopic (exact) mass is 599 g/mol. The van der Waals surface area contributed by atoms with Crippen molar-refractivity contribution in [2.45, 2.75) is 51.1 Å². The molecular weight excluding hydrogens is 562 g/mol. The van der Waals surface area contributed by atoms with Gasteiger partial charge in [-0.2, -0.15) is 0 Å². The summed E-state index contributed by atoms with van der Waals surface area (Å²) in [4.78, 5) is 54.1. The zero-order valence-electron chi connectivity index (χ0n) is 25.0. The maximum absolute atomic E-state index is 13.0. The first-order valence-corrected chi connectivity index (χ1v) is 14.8. The number of anilines is 2. The van der Waals surface area contributed by atoms with Gasteiger partial charge in [0.1, 0.15) is 24.5 Å². The minimum atomic E-state index is -0.519. The van der Waals surface area contributed by atoms with Crippen molar-refractivity contribution in [3.8, 4) is 0 Å². The first-order valence-electron chi connectivity index (χ1n) is 14.8. The Labute approximate surface area is 256 Å². The molecule has 2 N–H and O–H groups in total. The number of methoxy groups -OCH3 is 1. The van der Waals surface area contributed by atoms with Gasteiger partial charge in [-0.05, 0) is 68.0 Å². The van der Waals surface area contributed by atoms with Crippen LogP contribution >= 0.6 is 0 Å². The van der Waals surface area contributed by atoms with Crippen molar-refractivity contribution in [1.29, 1.82) is 0 Å². The summed E-state index contributed by atoms with van der Waals surface area (Å²) < 4.78 is 10.1. The second-order valence-corrected chi connectivity index (χ2v) is 11.1. The first kappa shape index (κ1) is 30.7. The number of aromatic nitrogens is 1. The minimum Gasteiger partial charge on any atom is -0.375 e. The molecule has 11 nitrogen and oxygen atoms in total. The smallest absolute Gasteiger partial charge is 0.249 e. The average molecular weight is 600 g/mol. The Morgan fingerprint density at radius 1 is 0.841 bits per heavy atom. The number of nitrogens with zero attached hydrogens (tertiary/aromatic N) is 3. The molecule has 3 heterocycles. The molecule has 2 aliphatic heterocycles. The molecule has 0 spiro atoms. The lowest BCUT2D eigenvalue weighted by Gasteiger charge is -2.23. The summed E-state index contributed by atoms with van der Waals surface area (Å²) >= 11 is 0. The number of hydrogen-bond donors (Lipinski definition) is 2. The summed E-state index contributed by atoms with van der Waals surface area (Å²) in [6.45, 7) is 2.86. The predicted octanol–water partition coefficient (Wildman–Crippen LogP) is 3.90. The normalized spacial score (nSPS) is 18.1. The van der Waals surface area contributed by atoms with E-state index in [0.29, 0.717) is 48.8 Å². The summed E-state index contributed by atoms with van der Waals surface area (Å²) in [6, 6.07) is 15.7. The Morgan fingerprint density at radius 2 is 1.34 bits per heavy atom. The molecule has 2 fully saturated rings. The van der Waals surface area contributed by atoms with Crippen LogP contribution in [0.25, 0.3) is 12.2 Å². The third-order valence-electron chi connectivity index (χ3n) is 7.85. The number of nitrogens with one attached hydrogen (secondary N) is 2. The molecule has 0 aliphatic carbocycles. The van der Waals surface area contributed by atoms with Gasteiger partial charge in [-0.25, -0.2) is 0 Å². The standard InChI is InChI=1S/C33H37N5O6/c1-22-19-27(44-36-22)20-30(39)37-17-3-5-28(37)32(41)34-25-13-9-23(10-14-25)7-8-24-11-15-26(16-12-24)35-33(42)29-6-4-18-38(29)31(40)21-43-2/h7-16,19,28-29H,3-6,17-18,20-21H2,1-2H3,(H,34,41)(H,35,42)/b8-7+/t28-,29-/m0/s1. The highest BCUT2D eigenvalue weighted by molar-refractivity contribution is 5.98. The molecule has 0 radical (unpaired) electrons. The molecule has 5 rings (SSSR count). The van der Waals surface area contributed by atoms with Crippen LogP contribution in [0.15, 0.2) is 59.1 Å². The third kappa shape index (κ3) is 7.59. The van der Waals surface area contributed by atoms with E-state index in [4.69, 9.17) is 9.26 Å². The average Bonchev–Trinajstić information content (AvgIpc) is 3.79. The van der Waals surface area contributed by atoms with Crippen molar-refractivity contribution in [3.05, 3.63) is 77.2 Å². The highest BCUT2D eigenvalue weighted by Crippen LogP contribution is 2.23. The number of rotatable bonds is 10. The van der Waals surface area contributed by atoms with Gasteiger partial charge < -0.3 is 29.7 Å². The summed E-state index contributed by atoms with van der Waals surface area (Å²) in [5.41, 5.74) is 3.93. The van der Waals surface area contributed by atoms with E-state index in [-0.39, 0.29) is 36.7 Å². The fourth-order valence-corrected chi connectivity index (χ4v) is 5.63. The number of carbonyl (C=O) groups excluding carboxylic acids is 4. The van der Waals surface area contributed by atoms with Crippen molar-refractivity contribution < 1.29 is 28.4 Å². The van der Waals surface area contributed by atoms with E-state index in [1.54, 1.807) is 22.8 Å². The predicted molar refractivity (Wildman–Crippen MR) is 165 cm³/mol. The van der Waals surface area contributed by atoms with Gasteiger partial charge in [0.25, 0.3) is 0 Å². The van der Waals surface area contributed by atoms with Crippen molar-refractivity contribution in [1.82, 2.24) is 15.0 Å². The lowest BCUT2D eigenvalue weighted by atomic mass is 10.1. The lowest BCUT2D eigenvalue weighted by Crippen LogP contribution is -2.44. The fourth-order valence-electron chi connectivity index (χ4n) is 5.63. The molecule has 0 bridgehead atoms. The zero-order chi connectivity index (χ0) is 31.1. The highest BCUT2D eigenvalue weighted by atomic mass is 16.5. The van der Waals surface area contributed by atoms with Crippen LogP contribution in [0.1, 0.15) is 48.3 Å². The molecule has 11 heteroatoms. The van der Waals surface area contributed by atoms with Crippen molar-refractivity contribution in [2.75, 3.05) is 37.4 Å². The van der Waals surface area contributed by atoms with Crippen LogP contribution < -0.4 is 10.6 Å². The third-order valence-corrected chi connectivity index (χ3v) is 7.85. The number of carbonyl (C=O) groups is 4. The van der Waals surface area contributed by atoms with Crippen molar-refractivity contribution >= 4 is 47.2 Å². The van der Waals surface area contributed by atoms with Gasteiger partial charge in [0.2, 0.25) is 23.6 Å². The van der Waals surface area contributed by atoms with Crippen LogP contribution in [-0.4, -0.2) is 77.5 Å². The van der Waals surface area contributed by atoms with Crippen LogP contribution in [0.4, 0.5) is 11.4 Å². The second-order valence-electron chi connectivity index (χ2n) is 11.1. The topological polar surface area (TPSA) is 134 Å². The van der Waals surface area contributed by atoms with Crippen LogP contribution in [0.5, 0.6) is 0 Å². The summed E-state index contributed by atoms with van der Waals surface area (Å²) in [5.74, 6) is -0.236. The summed E-state index contributed by atoms with van der Waals surface area (Å²) in [5, 5.41) is 9.68. The van der Waals surface area contributed by atoms with Crippen LogP contribution in [0.2, 0.25) is 0 Å².